The summed E-state index contributed by atoms with van der Waals surface area (Å²) in [4.78, 5) is 29.3. The molecule has 0 fully saturated rings. The smallest absolute Gasteiger partial charge is 0.358 e. The van der Waals surface area contributed by atoms with E-state index in [4.69, 9.17) is 16.3 Å². The molecule has 0 saturated carbocycles. The first-order valence-corrected chi connectivity index (χ1v) is 9.88. The second-order valence-corrected chi connectivity index (χ2v) is 7.67. The highest BCUT2D eigenvalue weighted by molar-refractivity contribution is 7.20. The maximum atomic E-state index is 12.1. The maximum absolute atomic E-state index is 12.1. The number of halogens is 1. The monoisotopic (exact) mass is 406 g/mol. The lowest BCUT2D eigenvalue weighted by Gasteiger charge is -2.14. The average molecular weight is 407 g/mol. The van der Waals surface area contributed by atoms with E-state index in [0.29, 0.717) is 5.02 Å². The van der Waals surface area contributed by atoms with Crippen LogP contribution in [0, 0.1) is 0 Å². The molecule has 0 unspecified atom stereocenters. The van der Waals surface area contributed by atoms with Crippen LogP contribution in [0.2, 0.25) is 5.02 Å². The number of benzene rings is 1. The van der Waals surface area contributed by atoms with Crippen molar-refractivity contribution >= 4 is 46.2 Å². The van der Waals surface area contributed by atoms with Crippen molar-refractivity contribution in [2.75, 3.05) is 6.61 Å². The molecule has 0 bridgehead atoms. The van der Waals surface area contributed by atoms with E-state index in [1.165, 1.54) is 11.3 Å². The van der Waals surface area contributed by atoms with Crippen LogP contribution in [0.4, 0.5) is 0 Å². The molecule has 1 N–H and O–H groups in total. The number of nitrogens with zero attached hydrogens (tertiary/aromatic N) is 1. The second kappa shape index (κ2) is 8.44. The Morgan fingerprint density at radius 1 is 1.23 bits per heavy atom. The third kappa shape index (κ3) is 4.69. The Morgan fingerprint density at radius 3 is 2.69 bits per heavy atom. The first-order chi connectivity index (χ1) is 12.5. The Bertz CT molecular complexity index is 892. The molecule has 0 radical (unpaired) electrons. The number of amides is 1. The summed E-state index contributed by atoms with van der Waals surface area (Å²) in [5.74, 6) is -0.993. The van der Waals surface area contributed by atoms with Crippen molar-refractivity contribution in [3.05, 3.63) is 63.4 Å². The average Bonchev–Trinajstić information content (AvgIpc) is 3.31. The van der Waals surface area contributed by atoms with Gasteiger partial charge in [0.2, 0.25) is 0 Å². The molecule has 0 saturated heterocycles. The third-order valence-corrected chi connectivity index (χ3v) is 5.66. The van der Waals surface area contributed by atoms with Crippen LogP contribution >= 0.6 is 34.3 Å². The molecule has 8 heteroatoms. The Labute approximate surface area is 163 Å². The van der Waals surface area contributed by atoms with Crippen molar-refractivity contribution in [3.63, 3.8) is 0 Å². The SMILES string of the molecule is C[C@@H](NC(=O)COC(=O)c1csc(-c2cccs2)n1)c1ccc(Cl)cc1. The van der Waals surface area contributed by atoms with E-state index < -0.39 is 5.97 Å². The van der Waals surface area contributed by atoms with Gasteiger partial charge in [0.15, 0.2) is 12.3 Å². The molecule has 1 aromatic carbocycles. The first kappa shape index (κ1) is 18.6. The second-order valence-electron chi connectivity index (χ2n) is 5.43. The van der Waals surface area contributed by atoms with Crippen molar-refractivity contribution in [2.24, 2.45) is 0 Å². The standard InChI is InChI=1S/C18H15ClN2O3S2/c1-11(12-4-6-13(19)7-5-12)20-16(22)9-24-18(23)14-10-26-17(21-14)15-3-2-8-25-15/h2-8,10-11H,9H2,1H3,(H,20,22)/t11-/m1/s1. The van der Waals surface area contributed by atoms with E-state index >= 15 is 0 Å². The molecule has 1 amide bonds. The van der Waals surface area contributed by atoms with Crippen LogP contribution in [0.15, 0.2) is 47.2 Å². The molecule has 2 aromatic heterocycles. The highest BCUT2D eigenvalue weighted by Gasteiger charge is 2.16. The van der Waals surface area contributed by atoms with E-state index in [9.17, 15) is 9.59 Å². The molecular formula is C18H15ClN2O3S2. The Kier molecular flexibility index (Phi) is 6.03. The highest BCUT2D eigenvalue weighted by Crippen LogP contribution is 2.27. The van der Waals surface area contributed by atoms with Crippen LogP contribution in [-0.4, -0.2) is 23.5 Å². The molecule has 2 heterocycles. The number of ether oxygens (including phenoxy) is 1. The molecule has 0 aliphatic carbocycles. The Morgan fingerprint density at radius 2 is 2.00 bits per heavy atom. The number of thiazole rings is 1. The Balaban J connectivity index is 1.51. The van der Waals surface area contributed by atoms with Gasteiger partial charge in [0, 0.05) is 10.4 Å². The van der Waals surface area contributed by atoms with Crippen molar-refractivity contribution in [2.45, 2.75) is 13.0 Å². The van der Waals surface area contributed by atoms with Gasteiger partial charge in [-0.15, -0.1) is 22.7 Å². The summed E-state index contributed by atoms with van der Waals surface area (Å²) in [5.41, 5.74) is 1.12. The van der Waals surface area contributed by atoms with Gasteiger partial charge in [0.25, 0.3) is 5.91 Å². The van der Waals surface area contributed by atoms with Crippen LogP contribution < -0.4 is 5.32 Å². The minimum Gasteiger partial charge on any atom is -0.451 e. The fraction of sp³-hybridized carbons (Fsp3) is 0.167. The largest absolute Gasteiger partial charge is 0.451 e. The van der Waals surface area contributed by atoms with Crippen LogP contribution in [0.5, 0.6) is 0 Å². The van der Waals surface area contributed by atoms with Gasteiger partial charge in [-0.05, 0) is 36.1 Å². The van der Waals surface area contributed by atoms with E-state index in [-0.39, 0.29) is 24.2 Å². The molecule has 134 valence electrons. The molecular weight excluding hydrogens is 392 g/mol. The minimum absolute atomic E-state index is 0.206. The van der Waals surface area contributed by atoms with Gasteiger partial charge in [-0.25, -0.2) is 9.78 Å². The van der Waals surface area contributed by atoms with Crippen LogP contribution in [0.25, 0.3) is 9.88 Å². The summed E-state index contributed by atoms with van der Waals surface area (Å²) in [6.07, 6.45) is 0. The zero-order chi connectivity index (χ0) is 18.5. The lowest BCUT2D eigenvalue weighted by atomic mass is 10.1. The molecule has 3 rings (SSSR count). The predicted molar refractivity (Wildman–Crippen MR) is 104 cm³/mol. The van der Waals surface area contributed by atoms with Gasteiger partial charge >= 0.3 is 5.97 Å². The molecule has 5 nitrogen and oxygen atoms in total. The van der Waals surface area contributed by atoms with Gasteiger partial charge < -0.3 is 10.1 Å². The Hall–Kier alpha value is -2.22. The summed E-state index contributed by atoms with van der Waals surface area (Å²) >= 11 is 8.76. The topological polar surface area (TPSA) is 68.3 Å². The predicted octanol–water partition coefficient (Wildman–Crippen LogP) is 4.56. The van der Waals surface area contributed by atoms with E-state index in [1.54, 1.807) is 28.8 Å². The first-order valence-electron chi connectivity index (χ1n) is 7.74. The number of hydrogen-bond acceptors (Lipinski definition) is 6. The van der Waals surface area contributed by atoms with E-state index in [1.807, 2.05) is 36.6 Å². The van der Waals surface area contributed by atoms with Crippen molar-refractivity contribution in [3.8, 4) is 9.88 Å². The van der Waals surface area contributed by atoms with Gasteiger partial charge in [-0.3, -0.25) is 4.79 Å². The van der Waals surface area contributed by atoms with Crippen molar-refractivity contribution in [1.82, 2.24) is 10.3 Å². The van der Waals surface area contributed by atoms with Crippen molar-refractivity contribution in [1.29, 1.82) is 0 Å². The number of carbonyl (C=O) groups excluding carboxylic acids is 2. The molecule has 0 spiro atoms. The summed E-state index contributed by atoms with van der Waals surface area (Å²) in [6.45, 7) is 1.49. The fourth-order valence-corrected chi connectivity index (χ4v) is 3.93. The quantitative estimate of drug-likeness (QED) is 0.609. The van der Waals surface area contributed by atoms with Crippen LogP contribution in [0.1, 0.15) is 29.0 Å². The molecule has 1 atom stereocenters. The summed E-state index contributed by atoms with van der Waals surface area (Å²) < 4.78 is 5.05. The summed E-state index contributed by atoms with van der Waals surface area (Å²) in [5, 5.41) is 7.74. The number of rotatable bonds is 6. The number of carbonyl (C=O) groups is 2. The lowest BCUT2D eigenvalue weighted by Crippen LogP contribution is -2.31. The summed E-state index contributed by atoms with van der Waals surface area (Å²) in [7, 11) is 0. The number of nitrogens with one attached hydrogen (secondary N) is 1. The number of thiophene rings is 1. The third-order valence-electron chi connectivity index (χ3n) is 3.53. The molecule has 26 heavy (non-hydrogen) atoms. The zero-order valence-electron chi connectivity index (χ0n) is 13.8. The van der Waals surface area contributed by atoms with Crippen molar-refractivity contribution < 1.29 is 14.3 Å². The van der Waals surface area contributed by atoms with Crippen LogP contribution in [0.3, 0.4) is 0 Å². The van der Waals surface area contributed by atoms with Gasteiger partial charge in [-0.2, -0.15) is 0 Å². The molecule has 3 aromatic rings. The lowest BCUT2D eigenvalue weighted by molar-refractivity contribution is -0.124. The van der Waals surface area contributed by atoms with Crippen LogP contribution in [-0.2, 0) is 9.53 Å². The fourth-order valence-electron chi connectivity index (χ4n) is 2.20. The minimum atomic E-state index is -0.613. The zero-order valence-corrected chi connectivity index (χ0v) is 16.2. The number of esters is 1. The molecule has 0 aliphatic heterocycles. The normalized spacial score (nSPS) is 11.8. The highest BCUT2D eigenvalue weighted by atomic mass is 35.5. The number of hydrogen-bond donors (Lipinski definition) is 1. The van der Waals surface area contributed by atoms with E-state index in [0.717, 1.165) is 15.4 Å². The molecule has 0 aliphatic rings. The maximum Gasteiger partial charge on any atom is 0.358 e. The summed E-state index contributed by atoms with van der Waals surface area (Å²) in [6, 6.07) is 10.8. The number of aromatic nitrogens is 1. The van der Waals surface area contributed by atoms with Gasteiger partial charge in [0.05, 0.1) is 10.9 Å². The van der Waals surface area contributed by atoms with Gasteiger partial charge in [0.1, 0.15) is 5.01 Å². The van der Waals surface area contributed by atoms with E-state index in [2.05, 4.69) is 10.3 Å². The van der Waals surface area contributed by atoms with Gasteiger partial charge in [-0.1, -0.05) is 29.8 Å².